The Morgan fingerprint density at radius 1 is 0.406 bits per heavy atom. The second-order valence-electron chi connectivity index (χ2n) is 21.0. The molecule has 6 nitrogen and oxygen atoms in total. The molecule has 0 radical (unpaired) electrons. The van der Waals surface area contributed by atoms with Gasteiger partial charge in [-0.15, -0.1) is 0 Å². The van der Waals surface area contributed by atoms with Crippen molar-refractivity contribution in [1.82, 2.24) is 5.32 Å². The van der Waals surface area contributed by atoms with Crippen molar-refractivity contribution in [3.8, 4) is 0 Å². The minimum atomic E-state index is -0.668. The van der Waals surface area contributed by atoms with E-state index in [1.165, 1.54) is 244 Å². The largest absolute Gasteiger partial charge is 0.465 e. The van der Waals surface area contributed by atoms with Gasteiger partial charge >= 0.3 is 5.97 Å². The molecule has 0 aromatic rings. The molecule has 0 aromatic carbocycles. The Hall–Kier alpha value is -1.92. The summed E-state index contributed by atoms with van der Waals surface area (Å²) < 4.78 is 5.42. The lowest BCUT2D eigenvalue weighted by molar-refractivity contribution is -0.143. The van der Waals surface area contributed by atoms with E-state index in [4.69, 9.17) is 4.74 Å². The molecule has 2 unspecified atom stereocenters. The van der Waals surface area contributed by atoms with Gasteiger partial charge < -0.3 is 20.3 Å². The Labute approximate surface area is 430 Å². The average Bonchev–Trinajstić information content (AvgIpc) is 3.35. The molecule has 0 aliphatic heterocycles. The number of aliphatic hydroxyl groups is 2. The van der Waals surface area contributed by atoms with Crippen molar-refractivity contribution < 1.29 is 24.5 Å². The topological polar surface area (TPSA) is 95.9 Å². The zero-order chi connectivity index (χ0) is 50.0. The number of allylic oxidation sites excluding steroid dienone is 5. The van der Waals surface area contributed by atoms with Crippen molar-refractivity contribution in [2.45, 2.75) is 341 Å². The molecule has 2 atom stereocenters. The lowest BCUT2D eigenvalue weighted by Gasteiger charge is -2.22. The highest BCUT2D eigenvalue weighted by Gasteiger charge is 2.20. The van der Waals surface area contributed by atoms with Gasteiger partial charge in [0, 0.05) is 12.8 Å². The van der Waals surface area contributed by atoms with Crippen LogP contribution in [0.1, 0.15) is 328 Å². The fraction of sp³-hybridized carbons (Fsp3) is 0.873. The summed E-state index contributed by atoms with van der Waals surface area (Å²) in [6, 6.07) is -0.545. The molecule has 0 fully saturated rings. The monoisotopic (exact) mass is 970 g/mol. The summed E-state index contributed by atoms with van der Waals surface area (Å²) in [6.07, 6.45) is 73.1. The summed E-state index contributed by atoms with van der Waals surface area (Å²) in [6.45, 7) is 4.85. The van der Waals surface area contributed by atoms with Gasteiger partial charge in [0.1, 0.15) is 0 Å². The smallest absolute Gasteiger partial charge is 0.305 e. The Balaban J connectivity index is 3.44. The highest BCUT2D eigenvalue weighted by molar-refractivity contribution is 5.76. The van der Waals surface area contributed by atoms with E-state index in [0.29, 0.717) is 25.9 Å². The first-order valence-corrected chi connectivity index (χ1v) is 30.7. The number of hydrogen-bond donors (Lipinski definition) is 3. The van der Waals surface area contributed by atoms with E-state index in [1.807, 2.05) is 0 Å². The minimum Gasteiger partial charge on any atom is -0.465 e. The Morgan fingerprint density at radius 3 is 1.12 bits per heavy atom. The van der Waals surface area contributed by atoms with Crippen LogP contribution in [0.3, 0.4) is 0 Å². The van der Waals surface area contributed by atoms with E-state index in [-0.39, 0.29) is 18.5 Å². The van der Waals surface area contributed by atoms with Crippen molar-refractivity contribution in [3.63, 3.8) is 0 Å². The molecular weight excluding hydrogens is 851 g/mol. The van der Waals surface area contributed by atoms with Gasteiger partial charge in [-0.3, -0.25) is 9.59 Å². The normalized spacial score (nSPS) is 12.8. The molecule has 69 heavy (non-hydrogen) atoms. The first kappa shape index (κ1) is 67.1. The predicted octanol–water partition coefficient (Wildman–Crippen LogP) is 19.2. The molecule has 0 heterocycles. The van der Waals surface area contributed by atoms with Gasteiger partial charge in [0.25, 0.3) is 0 Å². The highest BCUT2D eigenvalue weighted by Crippen LogP contribution is 2.17. The summed E-state index contributed by atoms with van der Waals surface area (Å²) in [5.74, 6) is -0.0773. The molecule has 0 bridgehead atoms. The molecule has 6 heteroatoms. The van der Waals surface area contributed by atoms with Crippen molar-refractivity contribution in [3.05, 3.63) is 36.5 Å². The van der Waals surface area contributed by atoms with E-state index in [0.717, 1.165) is 51.4 Å². The van der Waals surface area contributed by atoms with Gasteiger partial charge in [-0.25, -0.2) is 0 Å². The number of esters is 1. The molecule has 0 spiro atoms. The molecule has 0 saturated carbocycles. The van der Waals surface area contributed by atoms with Crippen LogP contribution in [0, 0.1) is 0 Å². The SMILES string of the molecule is CCCCCCCC/C=C\CCCCCCCCCC(=O)OCC/C=C\C/C=C\CCCCCCCCCCCCCCCCC(=O)NC(CO)C(O)CCCCCCCCCCCCCCCC. The summed E-state index contributed by atoms with van der Waals surface area (Å²) in [7, 11) is 0. The highest BCUT2D eigenvalue weighted by atomic mass is 16.5. The molecule has 0 rings (SSSR count). The van der Waals surface area contributed by atoms with Crippen molar-refractivity contribution in [2.75, 3.05) is 13.2 Å². The number of amides is 1. The Kier molecular flexibility index (Phi) is 57.0. The minimum absolute atomic E-state index is 0.0384. The number of ether oxygens (including phenoxy) is 1. The van der Waals surface area contributed by atoms with Crippen LogP contribution >= 0.6 is 0 Å². The predicted molar refractivity (Wildman–Crippen MR) is 301 cm³/mol. The molecule has 0 saturated heterocycles. The van der Waals surface area contributed by atoms with Crippen LogP contribution in [0.4, 0.5) is 0 Å². The summed E-state index contributed by atoms with van der Waals surface area (Å²) in [4.78, 5) is 24.5. The van der Waals surface area contributed by atoms with Gasteiger partial charge in [0.2, 0.25) is 5.91 Å². The molecule has 0 aromatic heterocycles. The maximum absolute atomic E-state index is 12.5. The maximum atomic E-state index is 12.5. The summed E-state index contributed by atoms with van der Waals surface area (Å²) >= 11 is 0. The second kappa shape index (κ2) is 58.6. The third kappa shape index (κ3) is 55.2. The number of carbonyl (C=O) groups excluding carboxylic acids is 2. The van der Waals surface area contributed by atoms with Gasteiger partial charge in [0.05, 0.1) is 25.4 Å². The van der Waals surface area contributed by atoms with Crippen molar-refractivity contribution in [1.29, 1.82) is 0 Å². The summed E-state index contributed by atoms with van der Waals surface area (Å²) in [5.41, 5.74) is 0. The number of aliphatic hydroxyl groups excluding tert-OH is 2. The van der Waals surface area contributed by atoms with Crippen LogP contribution in [-0.2, 0) is 14.3 Å². The first-order chi connectivity index (χ1) is 34.0. The third-order valence-electron chi connectivity index (χ3n) is 14.2. The number of carbonyl (C=O) groups is 2. The van der Waals surface area contributed by atoms with Crippen LogP contribution in [0.5, 0.6) is 0 Å². The van der Waals surface area contributed by atoms with Crippen LogP contribution in [0.2, 0.25) is 0 Å². The Bertz CT molecular complexity index is 1120. The van der Waals surface area contributed by atoms with Crippen molar-refractivity contribution in [2.24, 2.45) is 0 Å². The average molecular weight is 971 g/mol. The lowest BCUT2D eigenvalue weighted by Crippen LogP contribution is -2.45. The van der Waals surface area contributed by atoms with Crippen LogP contribution in [0.15, 0.2) is 36.5 Å². The fourth-order valence-corrected chi connectivity index (χ4v) is 9.47. The lowest BCUT2D eigenvalue weighted by atomic mass is 10.0. The zero-order valence-electron chi connectivity index (χ0n) is 46.3. The van der Waals surface area contributed by atoms with Gasteiger partial charge in [-0.1, -0.05) is 281 Å². The maximum Gasteiger partial charge on any atom is 0.305 e. The van der Waals surface area contributed by atoms with Crippen LogP contribution in [-0.4, -0.2) is 47.4 Å². The quantitative estimate of drug-likeness (QED) is 0.0321. The van der Waals surface area contributed by atoms with E-state index < -0.39 is 12.1 Å². The van der Waals surface area contributed by atoms with Crippen LogP contribution < -0.4 is 5.32 Å². The molecule has 406 valence electrons. The van der Waals surface area contributed by atoms with Gasteiger partial charge in [0.15, 0.2) is 0 Å². The van der Waals surface area contributed by atoms with Crippen LogP contribution in [0.25, 0.3) is 0 Å². The molecule has 0 aliphatic rings. The zero-order valence-corrected chi connectivity index (χ0v) is 46.3. The van der Waals surface area contributed by atoms with Crippen molar-refractivity contribution >= 4 is 11.9 Å². The number of unbranched alkanes of at least 4 members (excludes halogenated alkanes) is 40. The van der Waals surface area contributed by atoms with Gasteiger partial charge in [-0.2, -0.15) is 0 Å². The van der Waals surface area contributed by atoms with E-state index in [1.54, 1.807) is 0 Å². The number of nitrogens with one attached hydrogen (secondary N) is 1. The molecule has 3 N–H and O–H groups in total. The third-order valence-corrected chi connectivity index (χ3v) is 14.2. The second-order valence-corrected chi connectivity index (χ2v) is 21.0. The number of hydrogen-bond acceptors (Lipinski definition) is 5. The number of rotatable bonds is 57. The Morgan fingerprint density at radius 2 is 0.725 bits per heavy atom. The standard InChI is InChI=1S/C63H119NO5/c1-3-5-7-9-11-13-15-17-19-25-29-33-37-41-45-49-53-57-63(68)69-58-54-50-46-42-38-34-30-27-24-22-20-21-23-26-28-32-36-40-44-48-52-56-62(67)64-60(59-65)61(66)55-51-47-43-39-35-31-18-16-14-12-10-8-6-4-2/h17,19,34,38,46,50,60-61,65-66H,3-16,18,20-33,35-37,39-45,47-49,51-59H2,1-2H3,(H,64,67)/b19-17-,38-34-,50-46-. The fourth-order valence-electron chi connectivity index (χ4n) is 9.47. The van der Waals surface area contributed by atoms with Gasteiger partial charge in [-0.05, 0) is 70.6 Å². The van der Waals surface area contributed by atoms with E-state index >= 15 is 0 Å². The molecular formula is C63H119NO5. The summed E-state index contributed by atoms with van der Waals surface area (Å²) in [5, 5.41) is 23.3. The van der Waals surface area contributed by atoms with E-state index in [9.17, 15) is 19.8 Å². The molecule has 1 amide bonds. The molecule has 0 aliphatic carbocycles. The first-order valence-electron chi connectivity index (χ1n) is 30.7. The van der Waals surface area contributed by atoms with E-state index in [2.05, 4.69) is 55.6 Å².